The lowest BCUT2D eigenvalue weighted by atomic mass is 9.97. The highest BCUT2D eigenvalue weighted by atomic mass is 16.5. The Hall–Kier alpha value is -2.62. The Kier molecular flexibility index (Phi) is 4.32. The fourth-order valence-electron chi connectivity index (χ4n) is 5.15. The van der Waals surface area contributed by atoms with Crippen LogP contribution in [0.25, 0.3) is 0 Å². The van der Waals surface area contributed by atoms with Gasteiger partial charge in [-0.05, 0) is 43.4 Å². The maximum atomic E-state index is 12.9. The van der Waals surface area contributed by atoms with E-state index in [1.165, 1.54) is 0 Å². The Labute approximate surface area is 173 Å². The Morgan fingerprint density at radius 2 is 1.97 bits per heavy atom. The lowest BCUT2D eigenvalue weighted by molar-refractivity contribution is -0.136. The number of fused-ring (bicyclic) bond motifs is 3. The highest BCUT2D eigenvalue weighted by molar-refractivity contribution is 6.23. The van der Waals surface area contributed by atoms with Crippen LogP contribution in [0, 0.1) is 0 Å². The van der Waals surface area contributed by atoms with E-state index in [0.29, 0.717) is 30.8 Å². The molecule has 1 saturated carbocycles. The molecule has 3 fully saturated rings. The third-order valence-corrected chi connectivity index (χ3v) is 6.92. The smallest absolute Gasteiger partial charge is 0.262 e. The maximum Gasteiger partial charge on any atom is 0.262 e. The number of ether oxygens (including phenoxy) is 1. The first kappa shape index (κ1) is 19.3. The van der Waals surface area contributed by atoms with Gasteiger partial charge < -0.3 is 15.8 Å². The largest absolute Gasteiger partial charge is 0.372 e. The standard InChI is InChI=1S/C21H24N4O5/c22-10-21-6-5-20(9-21,11-30-21)23-8-12-1-2-13-14(7-12)19(29)25(18(13)28)15-3-4-16(26)24-17(15)27/h1-2,7,15,23H,3-6,8-11,22H2,(H,24,26,27). The van der Waals surface area contributed by atoms with Crippen LogP contribution in [0.1, 0.15) is 58.4 Å². The van der Waals surface area contributed by atoms with E-state index in [1.54, 1.807) is 12.1 Å². The fraction of sp³-hybridized carbons (Fsp3) is 0.524. The normalized spacial score (nSPS) is 32.7. The van der Waals surface area contributed by atoms with E-state index in [0.717, 1.165) is 29.7 Å². The molecule has 0 aromatic heterocycles. The van der Waals surface area contributed by atoms with Gasteiger partial charge in [0.2, 0.25) is 11.8 Å². The van der Waals surface area contributed by atoms with E-state index in [9.17, 15) is 19.2 Å². The van der Waals surface area contributed by atoms with Gasteiger partial charge >= 0.3 is 0 Å². The maximum absolute atomic E-state index is 12.9. The number of rotatable bonds is 5. The Bertz CT molecular complexity index is 966. The van der Waals surface area contributed by atoms with Crippen LogP contribution in [-0.2, 0) is 20.9 Å². The number of carbonyl (C=O) groups is 4. The van der Waals surface area contributed by atoms with Crippen molar-refractivity contribution in [3.05, 3.63) is 34.9 Å². The van der Waals surface area contributed by atoms with E-state index in [1.807, 2.05) is 6.07 Å². The van der Waals surface area contributed by atoms with Crippen molar-refractivity contribution in [1.29, 1.82) is 0 Å². The highest BCUT2D eigenvalue weighted by Crippen LogP contribution is 2.46. The van der Waals surface area contributed by atoms with E-state index in [-0.39, 0.29) is 29.9 Å². The van der Waals surface area contributed by atoms with Gasteiger partial charge in [-0.15, -0.1) is 0 Å². The summed E-state index contributed by atoms with van der Waals surface area (Å²) < 4.78 is 5.93. The summed E-state index contributed by atoms with van der Waals surface area (Å²) in [5.41, 5.74) is 7.04. The molecule has 5 rings (SSSR count). The lowest BCUT2D eigenvalue weighted by Crippen LogP contribution is -2.54. The van der Waals surface area contributed by atoms with E-state index in [2.05, 4.69) is 10.6 Å². The van der Waals surface area contributed by atoms with Crippen LogP contribution >= 0.6 is 0 Å². The molecule has 2 bridgehead atoms. The van der Waals surface area contributed by atoms with Crippen LogP contribution < -0.4 is 16.4 Å². The van der Waals surface area contributed by atoms with Crippen molar-refractivity contribution in [2.45, 2.75) is 55.8 Å². The van der Waals surface area contributed by atoms with Crippen LogP contribution in [0.5, 0.6) is 0 Å². The zero-order valence-electron chi connectivity index (χ0n) is 16.5. The minimum atomic E-state index is -0.950. The van der Waals surface area contributed by atoms with Crippen LogP contribution in [0.2, 0.25) is 0 Å². The van der Waals surface area contributed by atoms with Crippen molar-refractivity contribution in [3.63, 3.8) is 0 Å². The molecule has 3 aliphatic heterocycles. The van der Waals surface area contributed by atoms with Gasteiger partial charge in [-0.25, -0.2) is 0 Å². The van der Waals surface area contributed by atoms with Crippen LogP contribution in [0.15, 0.2) is 18.2 Å². The van der Waals surface area contributed by atoms with Gasteiger partial charge in [0.25, 0.3) is 11.8 Å². The molecule has 3 atom stereocenters. The molecule has 0 radical (unpaired) electrons. The second kappa shape index (κ2) is 6.69. The summed E-state index contributed by atoms with van der Waals surface area (Å²) >= 11 is 0. The number of piperidine rings is 1. The zero-order chi connectivity index (χ0) is 21.1. The number of benzene rings is 1. The SMILES string of the molecule is NCC12CCC(NCc3ccc4c(c3)C(=O)N(C3CCC(=O)NC3=O)C4=O)(CO1)C2. The average Bonchev–Trinajstić information content (AvgIpc) is 3.37. The number of hydrogen-bond acceptors (Lipinski definition) is 7. The zero-order valence-corrected chi connectivity index (χ0v) is 16.5. The summed E-state index contributed by atoms with van der Waals surface area (Å²) in [4.78, 5) is 50.3. The number of imide groups is 2. The third kappa shape index (κ3) is 2.88. The van der Waals surface area contributed by atoms with Gasteiger partial charge in [0.15, 0.2) is 0 Å². The summed E-state index contributed by atoms with van der Waals surface area (Å²) in [6.07, 6.45) is 3.07. The lowest BCUT2D eigenvalue weighted by Gasteiger charge is -2.28. The summed E-state index contributed by atoms with van der Waals surface area (Å²) in [5.74, 6) is -1.97. The molecular formula is C21H24N4O5. The first-order valence-electron chi connectivity index (χ1n) is 10.3. The topological polar surface area (TPSA) is 131 Å². The third-order valence-electron chi connectivity index (χ3n) is 6.92. The molecule has 9 heteroatoms. The van der Waals surface area contributed by atoms with Crippen LogP contribution in [0.4, 0.5) is 0 Å². The average molecular weight is 412 g/mol. The number of nitrogens with one attached hydrogen (secondary N) is 2. The van der Waals surface area contributed by atoms with Crippen molar-refractivity contribution in [2.24, 2.45) is 5.73 Å². The molecule has 4 amide bonds. The van der Waals surface area contributed by atoms with Crippen molar-refractivity contribution < 1.29 is 23.9 Å². The molecule has 1 aromatic rings. The summed E-state index contributed by atoms with van der Waals surface area (Å²) in [6, 6.07) is 4.23. The fourth-order valence-corrected chi connectivity index (χ4v) is 5.15. The molecule has 1 aromatic carbocycles. The monoisotopic (exact) mass is 412 g/mol. The van der Waals surface area contributed by atoms with Crippen molar-refractivity contribution in [3.8, 4) is 0 Å². The first-order valence-corrected chi connectivity index (χ1v) is 10.3. The molecule has 30 heavy (non-hydrogen) atoms. The van der Waals surface area contributed by atoms with Gasteiger partial charge in [-0.2, -0.15) is 0 Å². The molecule has 158 valence electrons. The predicted octanol–water partition coefficient (Wildman–Crippen LogP) is -0.172. The Balaban J connectivity index is 1.32. The second-order valence-corrected chi connectivity index (χ2v) is 8.81. The van der Waals surface area contributed by atoms with Gasteiger partial charge in [0, 0.05) is 25.0 Å². The van der Waals surface area contributed by atoms with Gasteiger partial charge in [-0.1, -0.05) is 6.07 Å². The van der Waals surface area contributed by atoms with E-state index in [4.69, 9.17) is 10.5 Å². The highest BCUT2D eigenvalue weighted by Gasteiger charge is 2.54. The molecule has 2 saturated heterocycles. The summed E-state index contributed by atoms with van der Waals surface area (Å²) in [6.45, 7) is 1.68. The molecule has 4 N–H and O–H groups in total. The molecule has 3 heterocycles. The Morgan fingerprint density at radius 1 is 1.17 bits per heavy atom. The first-order chi connectivity index (χ1) is 14.4. The van der Waals surface area contributed by atoms with Crippen molar-refractivity contribution in [2.75, 3.05) is 13.2 Å². The molecule has 3 unspecified atom stereocenters. The number of hydrogen-bond donors (Lipinski definition) is 3. The minimum absolute atomic E-state index is 0.100. The van der Waals surface area contributed by atoms with Crippen molar-refractivity contribution in [1.82, 2.24) is 15.5 Å². The van der Waals surface area contributed by atoms with Gasteiger partial charge in [0.05, 0.1) is 23.3 Å². The van der Waals surface area contributed by atoms with E-state index < -0.39 is 23.8 Å². The predicted molar refractivity (Wildman–Crippen MR) is 104 cm³/mol. The number of amides is 4. The minimum Gasteiger partial charge on any atom is -0.372 e. The van der Waals surface area contributed by atoms with Crippen LogP contribution in [-0.4, -0.2) is 58.9 Å². The number of nitrogens with zero attached hydrogens (tertiary/aromatic N) is 1. The van der Waals surface area contributed by atoms with Crippen molar-refractivity contribution >= 4 is 23.6 Å². The summed E-state index contributed by atoms with van der Waals surface area (Å²) in [5, 5.41) is 5.78. The Morgan fingerprint density at radius 3 is 2.63 bits per heavy atom. The second-order valence-electron chi connectivity index (χ2n) is 8.81. The van der Waals surface area contributed by atoms with E-state index >= 15 is 0 Å². The van der Waals surface area contributed by atoms with Gasteiger partial charge in [-0.3, -0.25) is 29.4 Å². The van der Waals surface area contributed by atoms with Crippen LogP contribution in [0.3, 0.4) is 0 Å². The molecule has 4 aliphatic rings. The molecule has 1 aliphatic carbocycles. The summed E-state index contributed by atoms with van der Waals surface area (Å²) in [7, 11) is 0. The quantitative estimate of drug-likeness (QED) is 0.572. The molecule has 0 spiro atoms. The molecule has 9 nitrogen and oxygen atoms in total. The number of nitrogens with two attached hydrogens (primary N) is 1. The van der Waals surface area contributed by atoms with Gasteiger partial charge in [0.1, 0.15) is 6.04 Å². The number of carbonyl (C=O) groups excluding carboxylic acids is 4. The molecular weight excluding hydrogens is 388 g/mol.